The Morgan fingerprint density at radius 1 is 1.16 bits per heavy atom. The van der Waals surface area contributed by atoms with Crippen LogP contribution in [0.15, 0.2) is 61.2 Å². The third kappa shape index (κ3) is 4.50. The molecule has 1 atom stereocenters. The van der Waals surface area contributed by atoms with E-state index in [-0.39, 0.29) is 17.8 Å². The van der Waals surface area contributed by atoms with Crippen LogP contribution in [0.25, 0.3) is 5.69 Å². The van der Waals surface area contributed by atoms with Crippen LogP contribution in [0.5, 0.6) is 0 Å². The highest BCUT2D eigenvalue weighted by Crippen LogP contribution is 2.15. The smallest absolute Gasteiger partial charge is 0.220 e. The highest BCUT2D eigenvalue weighted by molar-refractivity contribution is 5.76. The second kappa shape index (κ2) is 7.70. The molecule has 0 saturated carbocycles. The molecule has 0 aliphatic carbocycles. The number of carbonyl (C=O) groups is 1. The van der Waals surface area contributed by atoms with Gasteiger partial charge in [-0.1, -0.05) is 24.3 Å². The lowest BCUT2D eigenvalue weighted by Crippen LogP contribution is -2.26. The van der Waals surface area contributed by atoms with Gasteiger partial charge in [-0.05, 0) is 48.7 Å². The highest BCUT2D eigenvalue weighted by atomic mass is 19.1. The number of nitrogens with one attached hydrogen (secondary N) is 1. The van der Waals surface area contributed by atoms with Crippen molar-refractivity contribution in [3.05, 3.63) is 78.1 Å². The van der Waals surface area contributed by atoms with Gasteiger partial charge in [-0.15, -0.1) is 0 Å². The van der Waals surface area contributed by atoms with E-state index in [1.165, 1.54) is 18.5 Å². The summed E-state index contributed by atoms with van der Waals surface area (Å²) in [6, 6.07) is 13.9. The maximum Gasteiger partial charge on any atom is 0.220 e. The Hall–Kier alpha value is -3.02. The molecule has 1 amide bonds. The number of rotatable bonds is 6. The van der Waals surface area contributed by atoms with Crippen LogP contribution in [-0.2, 0) is 11.2 Å². The molecule has 0 aliphatic rings. The van der Waals surface area contributed by atoms with Crippen molar-refractivity contribution in [1.82, 2.24) is 20.1 Å². The molecule has 0 saturated heterocycles. The molecule has 5 nitrogen and oxygen atoms in total. The zero-order valence-electron chi connectivity index (χ0n) is 13.9. The van der Waals surface area contributed by atoms with Crippen molar-refractivity contribution in [3.8, 4) is 5.69 Å². The number of aromatic nitrogens is 3. The van der Waals surface area contributed by atoms with E-state index in [4.69, 9.17) is 0 Å². The SMILES string of the molecule is CC(NC(=O)CCc1ccc(F)cc1)c1ccc(-n2cncn2)cc1. The average molecular weight is 338 g/mol. The summed E-state index contributed by atoms with van der Waals surface area (Å²) in [5, 5.41) is 7.06. The Labute approximate surface area is 145 Å². The quantitative estimate of drug-likeness (QED) is 0.751. The van der Waals surface area contributed by atoms with E-state index in [0.29, 0.717) is 12.8 Å². The number of halogens is 1. The van der Waals surface area contributed by atoms with Gasteiger partial charge < -0.3 is 5.32 Å². The summed E-state index contributed by atoms with van der Waals surface area (Å²) in [4.78, 5) is 16.0. The van der Waals surface area contributed by atoms with E-state index in [1.807, 2.05) is 31.2 Å². The Morgan fingerprint density at radius 3 is 2.52 bits per heavy atom. The Kier molecular flexibility index (Phi) is 5.18. The van der Waals surface area contributed by atoms with E-state index in [9.17, 15) is 9.18 Å². The van der Waals surface area contributed by atoms with E-state index in [2.05, 4.69) is 15.4 Å². The molecule has 3 aromatic rings. The van der Waals surface area contributed by atoms with Gasteiger partial charge in [0.1, 0.15) is 18.5 Å². The first-order valence-corrected chi connectivity index (χ1v) is 8.10. The van der Waals surface area contributed by atoms with Crippen molar-refractivity contribution in [3.63, 3.8) is 0 Å². The number of carbonyl (C=O) groups excluding carboxylic acids is 1. The summed E-state index contributed by atoms with van der Waals surface area (Å²) in [6.07, 6.45) is 4.07. The lowest BCUT2D eigenvalue weighted by atomic mass is 10.1. The lowest BCUT2D eigenvalue weighted by Gasteiger charge is -2.15. The van der Waals surface area contributed by atoms with Crippen LogP contribution in [0.3, 0.4) is 0 Å². The Bertz CT molecular complexity index is 814. The van der Waals surface area contributed by atoms with Crippen LogP contribution in [-0.4, -0.2) is 20.7 Å². The van der Waals surface area contributed by atoms with Crippen molar-refractivity contribution in [2.75, 3.05) is 0 Å². The molecule has 25 heavy (non-hydrogen) atoms. The maximum atomic E-state index is 12.9. The monoisotopic (exact) mass is 338 g/mol. The fraction of sp³-hybridized carbons (Fsp3) is 0.211. The van der Waals surface area contributed by atoms with Gasteiger partial charge in [0.25, 0.3) is 0 Å². The molecule has 1 heterocycles. The first kappa shape index (κ1) is 16.8. The number of benzene rings is 2. The zero-order valence-corrected chi connectivity index (χ0v) is 13.9. The third-order valence-electron chi connectivity index (χ3n) is 4.01. The molecule has 1 aromatic heterocycles. The summed E-state index contributed by atoms with van der Waals surface area (Å²) in [7, 11) is 0. The molecule has 0 fully saturated rings. The van der Waals surface area contributed by atoms with E-state index >= 15 is 0 Å². The first-order valence-electron chi connectivity index (χ1n) is 8.10. The summed E-state index contributed by atoms with van der Waals surface area (Å²) in [5.41, 5.74) is 2.87. The number of amides is 1. The number of nitrogens with zero attached hydrogens (tertiary/aromatic N) is 3. The van der Waals surface area contributed by atoms with Gasteiger partial charge >= 0.3 is 0 Å². The van der Waals surface area contributed by atoms with Crippen LogP contribution >= 0.6 is 0 Å². The molecule has 2 aromatic carbocycles. The molecule has 0 spiro atoms. The van der Waals surface area contributed by atoms with E-state index in [0.717, 1.165) is 16.8 Å². The van der Waals surface area contributed by atoms with Crippen LogP contribution in [0, 0.1) is 5.82 Å². The molecular formula is C19H19FN4O. The van der Waals surface area contributed by atoms with Crippen molar-refractivity contribution >= 4 is 5.91 Å². The molecular weight excluding hydrogens is 319 g/mol. The number of aryl methyl sites for hydroxylation is 1. The average Bonchev–Trinajstić information content (AvgIpc) is 3.16. The zero-order chi connectivity index (χ0) is 17.6. The molecule has 1 unspecified atom stereocenters. The van der Waals surface area contributed by atoms with Gasteiger partial charge in [-0.3, -0.25) is 4.79 Å². The van der Waals surface area contributed by atoms with Crippen LogP contribution in [0.4, 0.5) is 4.39 Å². The summed E-state index contributed by atoms with van der Waals surface area (Å²) < 4.78 is 14.6. The standard InChI is InChI=1S/C19H19FN4O/c1-14(16-5-9-18(10-6-16)24-13-21-12-22-24)23-19(25)11-4-15-2-7-17(20)8-3-15/h2-3,5-10,12-14H,4,11H2,1H3,(H,23,25). The van der Waals surface area contributed by atoms with Crippen molar-refractivity contribution in [1.29, 1.82) is 0 Å². The van der Waals surface area contributed by atoms with Crippen molar-refractivity contribution in [2.24, 2.45) is 0 Å². The summed E-state index contributed by atoms with van der Waals surface area (Å²) in [5.74, 6) is -0.298. The molecule has 128 valence electrons. The summed E-state index contributed by atoms with van der Waals surface area (Å²) in [6.45, 7) is 1.94. The van der Waals surface area contributed by atoms with Crippen LogP contribution in [0.2, 0.25) is 0 Å². The molecule has 3 rings (SSSR count). The minimum Gasteiger partial charge on any atom is -0.350 e. The van der Waals surface area contributed by atoms with Gasteiger partial charge in [-0.25, -0.2) is 14.1 Å². The van der Waals surface area contributed by atoms with Crippen LogP contribution < -0.4 is 5.32 Å². The van der Waals surface area contributed by atoms with Gasteiger partial charge in [0, 0.05) is 6.42 Å². The van der Waals surface area contributed by atoms with Gasteiger partial charge in [0.2, 0.25) is 5.91 Å². The Morgan fingerprint density at radius 2 is 1.88 bits per heavy atom. The molecule has 0 aliphatic heterocycles. The maximum absolute atomic E-state index is 12.9. The molecule has 0 bridgehead atoms. The second-order valence-corrected chi connectivity index (χ2v) is 5.85. The van der Waals surface area contributed by atoms with Crippen molar-refractivity contribution in [2.45, 2.75) is 25.8 Å². The molecule has 6 heteroatoms. The Balaban J connectivity index is 1.53. The predicted octanol–water partition coefficient (Wildman–Crippen LogP) is 3.22. The lowest BCUT2D eigenvalue weighted by molar-refractivity contribution is -0.121. The number of hydrogen-bond acceptors (Lipinski definition) is 3. The molecule has 0 radical (unpaired) electrons. The largest absolute Gasteiger partial charge is 0.350 e. The van der Waals surface area contributed by atoms with E-state index in [1.54, 1.807) is 23.1 Å². The molecule has 1 N–H and O–H groups in total. The first-order chi connectivity index (χ1) is 12.1. The normalized spacial score (nSPS) is 11.9. The van der Waals surface area contributed by atoms with Gasteiger partial charge in [0.15, 0.2) is 0 Å². The minimum atomic E-state index is -0.267. The predicted molar refractivity (Wildman–Crippen MR) is 92.6 cm³/mol. The third-order valence-corrected chi connectivity index (χ3v) is 4.01. The number of hydrogen-bond donors (Lipinski definition) is 1. The minimum absolute atomic E-state index is 0.0304. The second-order valence-electron chi connectivity index (χ2n) is 5.85. The van der Waals surface area contributed by atoms with Crippen LogP contribution in [0.1, 0.15) is 30.5 Å². The fourth-order valence-electron chi connectivity index (χ4n) is 2.56. The fourth-order valence-corrected chi connectivity index (χ4v) is 2.56. The van der Waals surface area contributed by atoms with Gasteiger partial charge in [0.05, 0.1) is 11.7 Å². The van der Waals surface area contributed by atoms with Crippen molar-refractivity contribution < 1.29 is 9.18 Å². The highest BCUT2D eigenvalue weighted by Gasteiger charge is 2.10. The van der Waals surface area contributed by atoms with Gasteiger partial charge in [-0.2, -0.15) is 5.10 Å². The van der Waals surface area contributed by atoms with E-state index < -0.39 is 0 Å². The summed E-state index contributed by atoms with van der Waals surface area (Å²) >= 11 is 0. The topological polar surface area (TPSA) is 59.8 Å².